The average molecular weight is 298 g/mol. The molecule has 0 aliphatic heterocycles. The first-order valence-corrected chi connectivity index (χ1v) is 7.64. The van der Waals surface area contributed by atoms with Crippen molar-refractivity contribution in [3.8, 4) is 0 Å². The van der Waals surface area contributed by atoms with Crippen molar-refractivity contribution in [3.05, 3.63) is 71.8 Å². The molecule has 2 rings (SSSR count). The molecular formula is C19H22O3. The van der Waals surface area contributed by atoms with Gasteiger partial charge in [-0.2, -0.15) is 0 Å². The minimum absolute atomic E-state index is 0.263. The molecule has 0 heterocycles. The molecule has 116 valence electrons. The molecule has 1 atom stereocenters. The van der Waals surface area contributed by atoms with E-state index in [2.05, 4.69) is 12.1 Å². The third-order valence-corrected chi connectivity index (χ3v) is 3.64. The standard InChI is InChI=1S/C19H22O3/c20-19(21)18(13-7-12-16-8-3-1-4-9-16)15-22-14-17-10-5-2-6-11-17/h1-6,8-11,18H,7,12-15H2,(H,20,21). The highest BCUT2D eigenvalue weighted by molar-refractivity contribution is 5.70. The first-order valence-electron chi connectivity index (χ1n) is 7.64. The topological polar surface area (TPSA) is 46.5 Å². The number of benzene rings is 2. The first-order chi connectivity index (χ1) is 10.8. The average Bonchev–Trinajstić information content (AvgIpc) is 2.55. The smallest absolute Gasteiger partial charge is 0.308 e. The van der Waals surface area contributed by atoms with Crippen LogP contribution in [0.4, 0.5) is 0 Å². The van der Waals surface area contributed by atoms with Crippen molar-refractivity contribution in [2.24, 2.45) is 5.92 Å². The summed E-state index contributed by atoms with van der Waals surface area (Å²) in [5.41, 5.74) is 2.31. The summed E-state index contributed by atoms with van der Waals surface area (Å²) in [4.78, 5) is 11.3. The van der Waals surface area contributed by atoms with Gasteiger partial charge >= 0.3 is 5.97 Å². The quantitative estimate of drug-likeness (QED) is 0.763. The molecule has 0 bridgehead atoms. The summed E-state index contributed by atoms with van der Waals surface area (Å²) in [7, 11) is 0. The molecule has 1 N–H and O–H groups in total. The van der Waals surface area contributed by atoms with Gasteiger partial charge in [-0.15, -0.1) is 0 Å². The number of aliphatic carboxylic acids is 1. The van der Waals surface area contributed by atoms with Crippen LogP contribution >= 0.6 is 0 Å². The maximum absolute atomic E-state index is 11.3. The van der Waals surface area contributed by atoms with Gasteiger partial charge in [0.1, 0.15) is 0 Å². The minimum atomic E-state index is -0.777. The number of ether oxygens (including phenoxy) is 1. The van der Waals surface area contributed by atoms with Gasteiger partial charge < -0.3 is 9.84 Å². The zero-order valence-corrected chi connectivity index (χ0v) is 12.7. The van der Waals surface area contributed by atoms with E-state index < -0.39 is 11.9 Å². The lowest BCUT2D eigenvalue weighted by molar-refractivity contribution is -0.144. The van der Waals surface area contributed by atoms with Crippen molar-refractivity contribution in [2.45, 2.75) is 25.9 Å². The number of hydrogen-bond acceptors (Lipinski definition) is 2. The Hall–Kier alpha value is -2.13. The van der Waals surface area contributed by atoms with Crippen LogP contribution < -0.4 is 0 Å². The van der Waals surface area contributed by atoms with E-state index in [4.69, 9.17) is 4.74 Å². The van der Waals surface area contributed by atoms with Crippen LogP contribution in [0.15, 0.2) is 60.7 Å². The lowest BCUT2D eigenvalue weighted by Gasteiger charge is -2.13. The monoisotopic (exact) mass is 298 g/mol. The second-order valence-electron chi connectivity index (χ2n) is 5.41. The van der Waals surface area contributed by atoms with E-state index in [0.29, 0.717) is 13.0 Å². The van der Waals surface area contributed by atoms with Gasteiger partial charge in [-0.25, -0.2) is 0 Å². The van der Waals surface area contributed by atoms with Crippen molar-refractivity contribution in [1.29, 1.82) is 0 Å². The van der Waals surface area contributed by atoms with Gasteiger partial charge in [-0.3, -0.25) is 4.79 Å². The number of hydrogen-bond donors (Lipinski definition) is 1. The zero-order valence-electron chi connectivity index (χ0n) is 12.7. The van der Waals surface area contributed by atoms with Crippen LogP contribution in [0.25, 0.3) is 0 Å². The summed E-state index contributed by atoms with van der Waals surface area (Å²) in [6.45, 7) is 0.725. The normalized spacial score (nSPS) is 12.0. The summed E-state index contributed by atoms with van der Waals surface area (Å²) in [5.74, 6) is -1.21. The fourth-order valence-corrected chi connectivity index (χ4v) is 2.37. The van der Waals surface area contributed by atoms with E-state index in [1.807, 2.05) is 48.5 Å². The molecule has 0 spiro atoms. The fourth-order valence-electron chi connectivity index (χ4n) is 2.37. The van der Waals surface area contributed by atoms with E-state index in [-0.39, 0.29) is 6.61 Å². The fraction of sp³-hybridized carbons (Fsp3) is 0.316. The molecule has 3 heteroatoms. The van der Waals surface area contributed by atoms with E-state index >= 15 is 0 Å². The van der Waals surface area contributed by atoms with Gasteiger partial charge in [0, 0.05) is 0 Å². The molecule has 0 aromatic heterocycles. The first kappa shape index (κ1) is 16.2. The van der Waals surface area contributed by atoms with Crippen molar-refractivity contribution >= 4 is 5.97 Å². The van der Waals surface area contributed by atoms with Crippen molar-refractivity contribution in [3.63, 3.8) is 0 Å². The molecule has 0 radical (unpaired) electrons. The van der Waals surface area contributed by atoms with E-state index in [1.165, 1.54) is 5.56 Å². The van der Waals surface area contributed by atoms with E-state index in [0.717, 1.165) is 18.4 Å². The number of carbonyl (C=O) groups is 1. The SMILES string of the molecule is O=C(O)C(CCCc1ccccc1)COCc1ccccc1. The largest absolute Gasteiger partial charge is 0.481 e. The van der Waals surface area contributed by atoms with Crippen molar-refractivity contribution in [2.75, 3.05) is 6.61 Å². The molecule has 0 aliphatic rings. The molecule has 0 amide bonds. The van der Waals surface area contributed by atoms with Crippen LogP contribution in [0.2, 0.25) is 0 Å². The van der Waals surface area contributed by atoms with E-state index in [9.17, 15) is 9.90 Å². The summed E-state index contributed by atoms with van der Waals surface area (Å²) in [6.07, 6.45) is 2.40. The molecule has 1 unspecified atom stereocenters. The van der Waals surface area contributed by atoms with Crippen LogP contribution in [0.3, 0.4) is 0 Å². The Balaban J connectivity index is 1.72. The molecule has 3 nitrogen and oxygen atoms in total. The second kappa shape index (κ2) is 9.00. The number of carboxylic acids is 1. The van der Waals surface area contributed by atoms with Gasteiger partial charge in [0.25, 0.3) is 0 Å². The molecule has 2 aromatic carbocycles. The van der Waals surface area contributed by atoms with Gasteiger partial charge in [-0.05, 0) is 30.4 Å². The maximum atomic E-state index is 11.3. The third kappa shape index (κ3) is 5.70. The number of carboxylic acid groups (broad SMARTS) is 1. The molecular weight excluding hydrogens is 276 g/mol. The van der Waals surface area contributed by atoms with Crippen LogP contribution in [-0.2, 0) is 22.6 Å². The predicted octanol–water partition coefficient (Wildman–Crippen LogP) is 3.93. The summed E-state index contributed by atoms with van der Waals surface area (Å²) >= 11 is 0. The Kier molecular flexibility index (Phi) is 6.65. The molecule has 22 heavy (non-hydrogen) atoms. The van der Waals surface area contributed by atoms with Crippen LogP contribution in [-0.4, -0.2) is 17.7 Å². The molecule has 0 saturated carbocycles. The lowest BCUT2D eigenvalue weighted by atomic mass is 10.0. The van der Waals surface area contributed by atoms with Crippen LogP contribution in [0, 0.1) is 5.92 Å². The Labute approximate surface area is 131 Å². The van der Waals surface area contributed by atoms with Crippen LogP contribution in [0.5, 0.6) is 0 Å². The van der Waals surface area contributed by atoms with Crippen molar-refractivity contribution < 1.29 is 14.6 Å². The maximum Gasteiger partial charge on any atom is 0.308 e. The minimum Gasteiger partial charge on any atom is -0.481 e. The Bertz CT molecular complexity index is 506. The number of rotatable bonds is 9. The van der Waals surface area contributed by atoms with Crippen LogP contribution in [0.1, 0.15) is 24.0 Å². The predicted molar refractivity (Wildman–Crippen MR) is 86.6 cm³/mol. The summed E-state index contributed by atoms with van der Waals surface area (Å²) < 4.78 is 5.57. The highest BCUT2D eigenvalue weighted by Gasteiger charge is 2.17. The highest BCUT2D eigenvalue weighted by Crippen LogP contribution is 2.13. The zero-order chi connectivity index (χ0) is 15.6. The van der Waals surface area contributed by atoms with Gasteiger partial charge in [0.05, 0.1) is 19.1 Å². The van der Waals surface area contributed by atoms with Gasteiger partial charge in [0.15, 0.2) is 0 Å². The third-order valence-electron chi connectivity index (χ3n) is 3.64. The van der Waals surface area contributed by atoms with Gasteiger partial charge in [-0.1, -0.05) is 60.7 Å². The molecule has 0 saturated heterocycles. The Morgan fingerprint density at radius 3 is 2.14 bits per heavy atom. The van der Waals surface area contributed by atoms with E-state index in [1.54, 1.807) is 0 Å². The summed E-state index contributed by atoms with van der Waals surface area (Å²) in [6, 6.07) is 20.0. The second-order valence-corrected chi connectivity index (χ2v) is 5.41. The molecule has 0 fully saturated rings. The molecule has 0 aliphatic carbocycles. The van der Waals surface area contributed by atoms with Crippen molar-refractivity contribution in [1.82, 2.24) is 0 Å². The Morgan fingerprint density at radius 2 is 1.55 bits per heavy atom. The summed E-state index contributed by atoms with van der Waals surface area (Å²) in [5, 5.41) is 9.29. The number of aryl methyl sites for hydroxylation is 1. The lowest BCUT2D eigenvalue weighted by Crippen LogP contribution is -2.20. The highest BCUT2D eigenvalue weighted by atomic mass is 16.5. The Morgan fingerprint density at radius 1 is 0.955 bits per heavy atom. The van der Waals surface area contributed by atoms with Gasteiger partial charge in [0.2, 0.25) is 0 Å². The molecule has 2 aromatic rings.